The van der Waals surface area contributed by atoms with Crippen LogP contribution in [-0.2, 0) is 47.9 Å². The van der Waals surface area contributed by atoms with Crippen molar-refractivity contribution in [2.24, 2.45) is 69.0 Å². The zero-order valence-electron chi connectivity index (χ0n) is 48.9. The number of nitrogens with one attached hydrogen (secondary N) is 9. The molecule has 0 aromatic carbocycles. The fraction of sp³-hybridized carbons (Fsp3) is 0.792. The molecule has 79 heavy (non-hydrogen) atoms. The van der Waals surface area contributed by atoms with Crippen molar-refractivity contribution in [3.8, 4) is 0 Å². The quantitative estimate of drug-likeness (QED) is 0.0185. The summed E-state index contributed by atoms with van der Waals surface area (Å²) in [5, 5.41) is 24.5. The van der Waals surface area contributed by atoms with Crippen LogP contribution in [0.2, 0.25) is 0 Å². The Morgan fingerprint density at radius 3 is 1.20 bits per heavy atom. The van der Waals surface area contributed by atoms with Crippen LogP contribution in [0.4, 0.5) is 0 Å². The van der Waals surface area contributed by atoms with E-state index in [2.05, 4.69) is 52.8 Å². The standard InChI is InChI=1S/C53H102N16O10/c1-11-34(10)44(52(79)66-35(17-12-14-21-54)46(73)60-24-20-42(70)62-39(26-31(4)5)49(76)67-38(45(57)72)25-30(2)3)69-48(75)37(19-16-23-61-53(58)59)64-47(74)36(18-13-15-22-55)65-51(78)41(28-33(8)9)68-50(77)40(27-32(6)7)63-43(71)29-56/h30-41,44H,11-29,54-56H2,1-10H3,(H2,57,72)(H,60,73)(H,62,70)(H,63,71)(H,64,74)(H,65,78)(H,66,79)(H,67,76)(H,68,77)(H,69,75)(H4,58,59,61)/t34-,35-,36-,37-,38-,39-,40-,41-,44-/m0/s1. The number of rotatable bonds is 42. The van der Waals surface area contributed by atoms with Gasteiger partial charge in [-0.15, -0.1) is 0 Å². The topological polar surface area (TPSA) is 447 Å². The molecule has 0 saturated carbocycles. The molecule has 0 rings (SSSR count). The van der Waals surface area contributed by atoms with Crippen LogP contribution in [0.3, 0.4) is 0 Å². The Morgan fingerprint density at radius 1 is 0.418 bits per heavy atom. The van der Waals surface area contributed by atoms with Gasteiger partial charge >= 0.3 is 0 Å². The minimum Gasteiger partial charge on any atom is -0.370 e. The van der Waals surface area contributed by atoms with Gasteiger partial charge < -0.3 is 82.3 Å². The molecule has 454 valence electrons. The Morgan fingerprint density at radius 2 is 0.785 bits per heavy atom. The van der Waals surface area contributed by atoms with E-state index in [0.29, 0.717) is 51.6 Å². The number of primary amides is 1. The summed E-state index contributed by atoms with van der Waals surface area (Å²) in [5.41, 5.74) is 33.7. The Bertz CT molecular complexity index is 1950. The Labute approximate surface area is 468 Å². The number of carbonyl (C=O) groups excluding carboxylic acids is 10. The first-order chi connectivity index (χ1) is 37.1. The molecule has 0 unspecified atom stereocenters. The largest absolute Gasteiger partial charge is 0.370 e. The van der Waals surface area contributed by atoms with Gasteiger partial charge in [0.15, 0.2) is 5.96 Å². The highest BCUT2D eigenvalue weighted by Crippen LogP contribution is 2.15. The fourth-order valence-electron chi connectivity index (χ4n) is 8.37. The zero-order valence-corrected chi connectivity index (χ0v) is 48.9. The van der Waals surface area contributed by atoms with Crippen LogP contribution in [0.1, 0.15) is 159 Å². The molecule has 21 N–H and O–H groups in total. The molecule has 0 aromatic rings. The molecular weight excluding hydrogens is 1020 g/mol. The van der Waals surface area contributed by atoms with Gasteiger partial charge in [-0.05, 0) is 120 Å². The van der Waals surface area contributed by atoms with Gasteiger partial charge in [0.2, 0.25) is 59.1 Å². The van der Waals surface area contributed by atoms with Crippen molar-refractivity contribution >= 4 is 65.0 Å². The minimum atomic E-state index is -1.30. The lowest BCUT2D eigenvalue weighted by Gasteiger charge is -2.29. The van der Waals surface area contributed by atoms with E-state index >= 15 is 0 Å². The maximum absolute atomic E-state index is 14.4. The van der Waals surface area contributed by atoms with Crippen LogP contribution in [0, 0.1) is 29.6 Å². The molecule has 0 aromatic heterocycles. The monoisotopic (exact) mass is 1120 g/mol. The van der Waals surface area contributed by atoms with Crippen LogP contribution >= 0.6 is 0 Å². The number of hydrogen-bond acceptors (Lipinski definition) is 14. The van der Waals surface area contributed by atoms with Gasteiger partial charge in [0.25, 0.3) is 0 Å². The van der Waals surface area contributed by atoms with E-state index in [4.69, 9.17) is 34.4 Å². The normalized spacial score (nSPS) is 14.7. The number of guanidine groups is 1. The lowest BCUT2D eigenvalue weighted by molar-refractivity contribution is -0.136. The predicted molar refractivity (Wildman–Crippen MR) is 304 cm³/mol. The Balaban J connectivity index is 6.66. The third kappa shape index (κ3) is 31.9. The molecule has 0 heterocycles. The molecule has 0 fully saturated rings. The first-order valence-electron chi connectivity index (χ1n) is 28.2. The SMILES string of the molecule is CC[C@H](C)[C@H](NC(=O)[C@H](CCCN=C(N)N)NC(=O)[C@H](CCCCN)NC(=O)[C@H](CC(C)C)NC(=O)[C@H](CC(C)C)NC(=O)CN)C(=O)N[C@@H](CCCCN)C(=O)NCCC(=O)N[C@@H](CC(C)C)C(=O)N[C@@H](CC(C)C)C(N)=O. The van der Waals surface area contributed by atoms with Gasteiger partial charge in [0.05, 0.1) is 6.54 Å². The van der Waals surface area contributed by atoms with Gasteiger partial charge in [-0.25, -0.2) is 0 Å². The summed E-state index contributed by atoms with van der Waals surface area (Å²) in [7, 11) is 0. The highest BCUT2D eigenvalue weighted by Gasteiger charge is 2.35. The molecule has 26 heteroatoms. The van der Waals surface area contributed by atoms with E-state index in [1.54, 1.807) is 6.92 Å². The summed E-state index contributed by atoms with van der Waals surface area (Å²) in [6.07, 6.45) is 3.49. The maximum atomic E-state index is 14.4. The van der Waals surface area contributed by atoms with Gasteiger partial charge in [-0.2, -0.15) is 0 Å². The molecule has 0 aliphatic carbocycles. The molecule has 10 amide bonds. The summed E-state index contributed by atoms with van der Waals surface area (Å²) >= 11 is 0. The molecular formula is C53H102N16O10. The molecule has 0 radical (unpaired) electrons. The number of unbranched alkanes of at least 4 members (excludes halogenated alkanes) is 2. The highest BCUT2D eigenvalue weighted by atomic mass is 16.2. The van der Waals surface area contributed by atoms with Crippen LogP contribution in [0.5, 0.6) is 0 Å². The lowest BCUT2D eigenvalue weighted by atomic mass is 9.96. The number of hydrogen-bond donors (Lipinski definition) is 15. The van der Waals surface area contributed by atoms with Crippen molar-refractivity contribution in [3.63, 3.8) is 0 Å². The first-order valence-corrected chi connectivity index (χ1v) is 28.2. The van der Waals surface area contributed by atoms with Gasteiger partial charge in [-0.3, -0.25) is 52.9 Å². The van der Waals surface area contributed by atoms with E-state index in [-0.39, 0.29) is 101 Å². The first kappa shape index (κ1) is 72.8. The van der Waals surface area contributed by atoms with Crippen LogP contribution in [0.15, 0.2) is 4.99 Å². The van der Waals surface area contributed by atoms with E-state index in [0.717, 1.165) is 0 Å². The van der Waals surface area contributed by atoms with Gasteiger partial charge in [0, 0.05) is 19.5 Å². The second-order valence-corrected chi connectivity index (χ2v) is 22.1. The second kappa shape index (κ2) is 40.1. The zero-order chi connectivity index (χ0) is 60.4. The summed E-state index contributed by atoms with van der Waals surface area (Å²) in [6.45, 7) is 18.7. The van der Waals surface area contributed by atoms with Gasteiger partial charge in [-0.1, -0.05) is 75.7 Å². The average molecular weight is 1120 g/mol. The minimum absolute atomic E-state index is 0.00492. The van der Waals surface area contributed by atoms with Crippen molar-refractivity contribution in [2.75, 3.05) is 32.7 Å². The lowest BCUT2D eigenvalue weighted by Crippen LogP contribution is -2.60. The summed E-state index contributed by atoms with van der Waals surface area (Å²) < 4.78 is 0. The number of nitrogens with zero attached hydrogens (tertiary/aromatic N) is 1. The third-order valence-corrected chi connectivity index (χ3v) is 12.8. The summed E-state index contributed by atoms with van der Waals surface area (Å²) in [5.74, 6) is -7.17. The van der Waals surface area contributed by atoms with Gasteiger partial charge in [0.1, 0.15) is 48.3 Å². The van der Waals surface area contributed by atoms with Crippen molar-refractivity contribution in [1.82, 2.24) is 47.9 Å². The number of aliphatic imine (C=N–C) groups is 1. The predicted octanol–water partition coefficient (Wildman–Crippen LogP) is -1.64. The highest BCUT2D eigenvalue weighted by molar-refractivity contribution is 5.97. The number of nitrogens with two attached hydrogens (primary N) is 6. The molecule has 9 atom stereocenters. The molecule has 0 aliphatic heterocycles. The van der Waals surface area contributed by atoms with Crippen LogP contribution in [-0.4, -0.2) is 146 Å². The van der Waals surface area contributed by atoms with Crippen molar-refractivity contribution in [2.45, 2.75) is 207 Å². The smallest absolute Gasteiger partial charge is 0.243 e. The van der Waals surface area contributed by atoms with E-state index in [1.165, 1.54) is 0 Å². The van der Waals surface area contributed by atoms with Crippen LogP contribution < -0.4 is 82.3 Å². The molecule has 26 nitrogen and oxygen atoms in total. The average Bonchev–Trinajstić information content (AvgIpc) is 3.36. The Kier molecular flexibility index (Phi) is 37.0. The van der Waals surface area contributed by atoms with E-state index < -0.39 is 113 Å². The van der Waals surface area contributed by atoms with Crippen molar-refractivity contribution in [1.29, 1.82) is 0 Å². The van der Waals surface area contributed by atoms with Crippen molar-refractivity contribution < 1.29 is 47.9 Å². The fourth-order valence-corrected chi connectivity index (χ4v) is 8.37. The van der Waals surface area contributed by atoms with Crippen molar-refractivity contribution in [3.05, 3.63) is 0 Å². The van der Waals surface area contributed by atoms with E-state index in [1.807, 2.05) is 62.3 Å². The summed E-state index contributed by atoms with van der Waals surface area (Å²) in [4.78, 5) is 139. The molecule has 0 aliphatic rings. The second-order valence-electron chi connectivity index (χ2n) is 22.1. The number of carbonyl (C=O) groups is 10. The molecule has 0 bridgehead atoms. The molecule has 0 spiro atoms. The van der Waals surface area contributed by atoms with Crippen LogP contribution in [0.25, 0.3) is 0 Å². The number of amides is 10. The van der Waals surface area contributed by atoms with E-state index in [9.17, 15) is 47.9 Å². The summed E-state index contributed by atoms with van der Waals surface area (Å²) in [6, 6.07) is -8.88. The molecule has 0 saturated heterocycles. The Hall–Kier alpha value is -6.15. The third-order valence-electron chi connectivity index (χ3n) is 12.8. The maximum Gasteiger partial charge on any atom is 0.243 e.